The first-order chi connectivity index (χ1) is 10.8. The molecule has 120 valence electrons. The van der Waals surface area contributed by atoms with Crippen LogP contribution >= 0.6 is 0 Å². The number of rotatable bonds is 5. The van der Waals surface area contributed by atoms with Gasteiger partial charge in [0.25, 0.3) is 0 Å². The van der Waals surface area contributed by atoms with Gasteiger partial charge < -0.3 is 4.74 Å². The van der Waals surface area contributed by atoms with Crippen LogP contribution in [0.4, 0.5) is 5.82 Å². The van der Waals surface area contributed by atoms with Gasteiger partial charge in [0.1, 0.15) is 13.7 Å². The number of carbonyl (C=O) groups excluding carboxylic acids is 1. The van der Waals surface area contributed by atoms with E-state index < -0.39 is 16.0 Å². The summed E-state index contributed by atoms with van der Waals surface area (Å²) in [6, 6.07) is 10.1. The zero-order valence-corrected chi connectivity index (χ0v) is 14.0. The van der Waals surface area contributed by atoms with Crippen molar-refractivity contribution in [3.63, 3.8) is 0 Å². The summed E-state index contributed by atoms with van der Waals surface area (Å²) in [4.78, 5) is 15.6. The van der Waals surface area contributed by atoms with E-state index in [2.05, 4.69) is 9.72 Å². The van der Waals surface area contributed by atoms with Gasteiger partial charge in [-0.05, 0) is 23.8 Å². The first kappa shape index (κ1) is 17.0. The Morgan fingerprint density at radius 2 is 1.87 bits per heavy atom. The summed E-state index contributed by atoms with van der Waals surface area (Å²) in [7, 11) is -0.289. The molecule has 1 aromatic heterocycles. The molecule has 2 rings (SSSR count). The van der Waals surface area contributed by atoms with E-state index in [0.717, 1.165) is 17.3 Å². The van der Waals surface area contributed by atoms with Crippen molar-refractivity contribution in [1.82, 2.24) is 4.98 Å². The van der Waals surface area contributed by atoms with Crippen LogP contribution in [0.15, 0.2) is 42.6 Å². The number of aromatic nitrogens is 1. The number of nitrogens with zero attached hydrogens (tertiary/aromatic N) is 2. The lowest BCUT2D eigenvalue weighted by molar-refractivity contribution is 0.0600. The van der Waals surface area contributed by atoms with Gasteiger partial charge in [0.05, 0.1) is 25.5 Å². The van der Waals surface area contributed by atoms with Gasteiger partial charge in [-0.3, -0.25) is 0 Å². The van der Waals surface area contributed by atoms with E-state index in [-0.39, 0.29) is 6.54 Å². The molecule has 2 aromatic rings. The van der Waals surface area contributed by atoms with Gasteiger partial charge in [-0.25, -0.2) is 22.5 Å². The van der Waals surface area contributed by atoms with E-state index in [1.54, 1.807) is 42.6 Å². The summed E-state index contributed by atoms with van der Waals surface area (Å²) in [5.41, 5.74) is 2.10. The van der Waals surface area contributed by atoms with Crippen molar-refractivity contribution in [2.24, 2.45) is 0 Å². The molecule has 0 aliphatic carbocycles. The van der Waals surface area contributed by atoms with Crippen LogP contribution in [-0.2, 0) is 21.3 Å². The number of pyridine rings is 1. The fourth-order valence-electron chi connectivity index (χ4n) is 2.01. The quantitative estimate of drug-likeness (QED) is 0.573. The molecule has 6 nitrogen and oxygen atoms in total. The second-order valence-electron chi connectivity index (χ2n) is 5.15. The standard InChI is InChI=1S/C15H17BN2O4S/c1-22-15(19)12-5-3-11(4-6-12)10-18(23(2,20)21)14-8-7-13(16)9-17-14/h3-9H,10,16H2,1-2H3. The molecule has 0 atom stereocenters. The smallest absolute Gasteiger partial charge is 0.337 e. The monoisotopic (exact) mass is 332 g/mol. The highest BCUT2D eigenvalue weighted by Crippen LogP contribution is 2.17. The third-order valence-electron chi connectivity index (χ3n) is 3.25. The third kappa shape index (κ3) is 4.32. The molecular weight excluding hydrogens is 315 g/mol. The van der Waals surface area contributed by atoms with Crippen molar-refractivity contribution in [1.29, 1.82) is 0 Å². The lowest BCUT2D eigenvalue weighted by Crippen LogP contribution is -2.30. The number of benzene rings is 1. The highest BCUT2D eigenvalue weighted by atomic mass is 32.2. The first-order valence-electron chi connectivity index (χ1n) is 6.89. The topological polar surface area (TPSA) is 76.6 Å². The Hall–Kier alpha value is -2.35. The van der Waals surface area contributed by atoms with Gasteiger partial charge in [0.2, 0.25) is 10.0 Å². The average Bonchev–Trinajstić information content (AvgIpc) is 2.52. The zero-order chi connectivity index (χ0) is 17.0. The summed E-state index contributed by atoms with van der Waals surface area (Å²) in [5.74, 6) is -0.0770. The Labute approximate surface area is 136 Å². The highest BCUT2D eigenvalue weighted by molar-refractivity contribution is 7.92. The molecule has 23 heavy (non-hydrogen) atoms. The second kappa shape index (κ2) is 6.83. The van der Waals surface area contributed by atoms with Crippen LogP contribution in [0.3, 0.4) is 0 Å². The fraction of sp³-hybridized carbons (Fsp3) is 0.200. The summed E-state index contributed by atoms with van der Waals surface area (Å²) in [6.45, 7) is 0.135. The summed E-state index contributed by atoms with van der Waals surface area (Å²) in [6.07, 6.45) is 2.76. The lowest BCUT2D eigenvalue weighted by atomic mass is 9.99. The summed E-state index contributed by atoms with van der Waals surface area (Å²) < 4.78 is 30.0. The van der Waals surface area contributed by atoms with E-state index in [4.69, 9.17) is 0 Å². The van der Waals surface area contributed by atoms with Crippen molar-refractivity contribution >= 4 is 35.1 Å². The van der Waals surface area contributed by atoms with Crippen molar-refractivity contribution in [2.75, 3.05) is 17.7 Å². The van der Waals surface area contributed by atoms with Crippen LogP contribution < -0.4 is 9.77 Å². The molecule has 0 aliphatic heterocycles. The Bertz CT molecular complexity index is 789. The Kier molecular flexibility index (Phi) is 5.05. The van der Waals surface area contributed by atoms with Gasteiger partial charge in [-0.2, -0.15) is 0 Å². The van der Waals surface area contributed by atoms with Crippen LogP contribution in [0, 0.1) is 0 Å². The molecule has 0 amide bonds. The third-order valence-corrected chi connectivity index (χ3v) is 4.37. The molecule has 8 heteroatoms. The predicted octanol–water partition coefficient (Wildman–Crippen LogP) is 0.0928. The number of anilines is 1. The number of sulfonamides is 1. The summed E-state index contributed by atoms with van der Waals surface area (Å²) >= 11 is 0. The minimum atomic E-state index is -3.48. The summed E-state index contributed by atoms with van der Waals surface area (Å²) in [5, 5.41) is 0. The van der Waals surface area contributed by atoms with Crippen LogP contribution in [0.25, 0.3) is 0 Å². The molecule has 0 saturated carbocycles. The van der Waals surface area contributed by atoms with Crippen molar-refractivity contribution < 1.29 is 17.9 Å². The van der Waals surface area contributed by atoms with Gasteiger partial charge >= 0.3 is 5.97 Å². The van der Waals surface area contributed by atoms with Crippen molar-refractivity contribution in [2.45, 2.75) is 6.54 Å². The second-order valence-corrected chi connectivity index (χ2v) is 7.06. The molecule has 0 unspecified atom stereocenters. The maximum absolute atomic E-state index is 12.1. The number of ether oxygens (including phenoxy) is 1. The molecule has 1 heterocycles. The molecule has 0 radical (unpaired) electrons. The normalized spacial score (nSPS) is 11.0. The Morgan fingerprint density at radius 3 is 2.35 bits per heavy atom. The maximum Gasteiger partial charge on any atom is 0.337 e. The largest absolute Gasteiger partial charge is 0.465 e. The molecule has 0 fully saturated rings. The van der Waals surface area contributed by atoms with Gasteiger partial charge in [-0.15, -0.1) is 0 Å². The highest BCUT2D eigenvalue weighted by Gasteiger charge is 2.19. The van der Waals surface area contributed by atoms with E-state index in [0.29, 0.717) is 11.4 Å². The van der Waals surface area contributed by atoms with Crippen LogP contribution in [0.5, 0.6) is 0 Å². The van der Waals surface area contributed by atoms with E-state index in [9.17, 15) is 13.2 Å². The van der Waals surface area contributed by atoms with E-state index in [1.807, 2.05) is 7.85 Å². The van der Waals surface area contributed by atoms with Crippen LogP contribution in [0.1, 0.15) is 15.9 Å². The maximum atomic E-state index is 12.1. The SMILES string of the molecule is Bc1ccc(N(Cc2ccc(C(=O)OC)cc2)S(C)(=O)=O)nc1. The van der Waals surface area contributed by atoms with Gasteiger partial charge in [0.15, 0.2) is 0 Å². The molecule has 0 bridgehead atoms. The minimum absolute atomic E-state index is 0.135. The van der Waals surface area contributed by atoms with Crippen LogP contribution in [-0.4, -0.2) is 40.6 Å². The number of hydrogen-bond acceptors (Lipinski definition) is 5. The predicted molar refractivity (Wildman–Crippen MR) is 91.2 cm³/mol. The molecule has 0 aliphatic rings. The number of hydrogen-bond donors (Lipinski definition) is 0. The Balaban J connectivity index is 2.28. The molecular formula is C15H17BN2O4S. The van der Waals surface area contributed by atoms with E-state index >= 15 is 0 Å². The minimum Gasteiger partial charge on any atom is -0.465 e. The number of carbonyl (C=O) groups is 1. The van der Waals surface area contributed by atoms with Gasteiger partial charge in [-0.1, -0.05) is 23.7 Å². The fourth-order valence-corrected chi connectivity index (χ4v) is 2.84. The molecule has 0 spiro atoms. The molecule has 0 saturated heterocycles. The first-order valence-corrected chi connectivity index (χ1v) is 8.73. The van der Waals surface area contributed by atoms with Gasteiger partial charge in [0, 0.05) is 6.20 Å². The molecule has 1 aromatic carbocycles. The van der Waals surface area contributed by atoms with Crippen molar-refractivity contribution in [3.8, 4) is 0 Å². The Morgan fingerprint density at radius 1 is 1.22 bits per heavy atom. The van der Waals surface area contributed by atoms with E-state index in [1.165, 1.54) is 11.4 Å². The molecule has 0 N–H and O–H groups in total. The van der Waals surface area contributed by atoms with Crippen LogP contribution in [0.2, 0.25) is 0 Å². The zero-order valence-electron chi connectivity index (χ0n) is 13.2. The average molecular weight is 332 g/mol. The number of esters is 1. The van der Waals surface area contributed by atoms with Crippen molar-refractivity contribution in [3.05, 3.63) is 53.7 Å². The number of methoxy groups -OCH3 is 1. The lowest BCUT2D eigenvalue weighted by Gasteiger charge is -2.21.